The Morgan fingerprint density at radius 1 is 1.39 bits per heavy atom. The van der Waals surface area contributed by atoms with Gasteiger partial charge in [-0.05, 0) is 31.1 Å². The van der Waals surface area contributed by atoms with Crippen LogP contribution in [0, 0.1) is 17.8 Å². The van der Waals surface area contributed by atoms with Crippen LogP contribution in [0.1, 0.15) is 33.1 Å². The molecule has 1 rings (SSSR count). The molecule has 0 radical (unpaired) electrons. The zero-order valence-electron chi connectivity index (χ0n) is 10.6. The summed E-state index contributed by atoms with van der Waals surface area (Å²) >= 11 is 0. The van der Waals surface area contributed by atoms with Gasteiger partial charge < -0.3 is 10.4 Å². The van der Waals surface area contributed by atoms with Gasteiger partial charge in [0.15, 0.2) is 5.92 Å². The first-order valence-corrected chi connectivity index (χ1v) is 6.24. The molecular formula is C12H20F3NO2. The summed E-state index contributed by atoms with van der Waals surface area (Å²) in [5, 5.41) is 11.4. The smallest absolute Gasteiger partial charge is 0.403 e. The van der Waals surface area contributed by atoms with Gasteiger partial charge in [0.2, 0.25) is 0 Å². The number of carboxylic acids is 1. The highest BCUT2D eigenvalue weighted by atomic mass is 19.4. The van der Waals surface area contributed by atoms with Gasteiger partial charge in [0.1, 0.15) is 0 Å². The molecule has 1 saturated carbocycles. The number of rotatable bonds is 4. The van der Waals surface area contributed by atoms with E-state index in [1.807, 2.05) is 6.92 Å². The molecule has 106 valence electrons. The van der Waals surface area contributed by atoms with Crippen molar-refractivity contribution in [2.75, 3.05) is 6.54 Å². The molecular weight excluding hydrogens is 247 g/mol. The second-order valence-electron chi connectivity index (χ2n) is 5.34. The van der Waals surface area contributed by atoms with E-state index in [-0.39, 0.29) is 12.0 Å². The van der Waals surface area contributed by atoms with E-state index in [1.165, 1.54) is 0 Å². The van der Waals surface area contributed by atoms with Crippen LogP contribution in [0.3, 0.4) is 0 Å². The van der Waals surface area contributed by atoms with E-state index in [1.54, 1.807) is 0 Å². The van der Waals surface area contributed by atoms with Crippen LogP contribution in [0.4, 0.5) is 13.2 Å². The zero-order chi connectivity index (χ0) is 13.9. The summed E-state index contributed by atoms with van der Waals surface area (Å²) in [7, 11) is 0. The predicted octanol–water partition coefficient (Wildman–Crippen LogP) is 2.66. The van der Waals surface area contributed by atoms with Gasteiger partial charge in [-0.3, -0.25) is 4.79 Å². The van der Waals surface area contributed by atoms with E-state index >= 15 is 0 Å². The van der Waals surface area contributed by atoms with E-state index in [0.717, 1.165) is 19.3 Å². The standard InChI is InChI=1S/C12H20F3NO2/c1-7-3-4-10(8(2)5-7)16-6-9(11(17)18)12(13,14)15/h7-10,16H,3-6H2,1-2H3,(H,17,18). The fourth-order valence-corrected chi connectivity index (χ4v) is 2.58. The lowest BCUT2D eigenvalue weighted by molar-refractivity contribution is -0.192. The normalized spacial score (nSPS) is 31.1. The average Bonchev–Trinajstić information content (AvgIpc) is 2.18. The Bertz CT molecular complexity index is 294. The Kier molecular flexibility index (Phi) is 5.01. The molecule has 0 aromatic carbocycles. The number of alkyl halides is 3. The predicted molar refractivity (Wildman–Crippen MR) is 61.2 cm³/mol. The molecule has 1 fully saturated rings. The third-order valence-electron chi connectivity index (χ3n) is 3.71. The minimum atomic E-state index is -4.69. The number of carbonyl (C=O) groups is 1. The highest BCUT2D eigenvalue weighted by Gasteiger charge is 2.45. The number of aliphatic carboxylic acids is 1. The monoisotopic (exact) mass is 267 g/mol. The van der Waals surface area contributed by atoms with Crippen molar-refractivity contribution in [2.45, 2.75) is 45.3 Å². The van der Waals surface area contributed by atoms with Crippen LogP contribution in [0.2, 0.25) is 0 Å². The first-order valence-electron chi connectivity index (χ1n) is 6.24. The van der Waals surface area contributed by atoms with Gasteiger partial charge in [-0.2, -0.15) is 13.2 Å². The van der Waals surface area contributed by atoms with E-state index in [2.05, 4.69) is 12.2 Å². The summed E-state index contributed by atoms with van der Waals surface area (Å²) in [6.45, 7) is 3.58. The van der Waals surface area contributed by atoms with Crippen LogP contribution in [-0.2, 0) is 4.79 Å². The molecule has 0 spiro atoms. The minimum Gasteiger partial charge on any atom is -0.481 e. The summed E-state index contributed by atoms with van der Waals surface area (Å²) in [4.78, 5) is 10.6. The number of carboxylic acid groups (broad SMARTS) is 1. The fourth-order valence-electron chi connectivity index (χ4n) is 2.58. The highest BCUT2D eigenvalue weighted by Crippen LogP contribution is 2.30. The number of halogens is 3. The third-order valence-corrected chi connectivity index (χ3v) is 3.71. The quantitative estimate of drug-likeness (QED) is 0.823. The maximum Gasteiger partial charge on any atom is 0.403 e. The molecule has 0 amide bonds. The molecule has 4 atom stereocenters. The Hall–Kier alpha value is -0.780. The largest absolute Gasteiger partial charge is 0.481 e. The molecule has 0 aromatic heterocycles. The number of hydrogen-bond acceptors (Lipinski definition) is 2. The Balaban J connectivity index is 2.50. The second-order valence-corrected chi connectivity index (χ2v) is 5.34. The fraction of sp³-hybridized carbons (Fsp3) is 0.917. The zero-order valence-corrected chi connectivity index (χ0v) is 10.6. The second kappa shape index (κ2) is 5.91. The topological polar surface area (TPSA) is 49.3 Å². The van der Waals surface area contributed by atoms with Crippen molar-refractivity contribution in [3.63, 3.8) is 0 Å². The summed E-state index contributed by atoms with van der Waals surface area (Å²) in [6.07, 6.45) is -1.93. The van der Waals surface area contributed by atoms with Crippen LogP contribution in [-0.4, -0.2) is 29.8 Å². The lowest BCUT2D eigenvalue weighted by Crippen LogP contribution is -2.46. The molecule has 18 heavy (non-hydrogen) atoms. The molecule has 4 unspecified atom stereocenters. The van der Waals surface area contributed by atoms with E-state index in [0.29, 0.717) is 5.92 Å². The molecule has 0 bridgehead atoms. The Morgan fingerprint density at radius 3 is 2.44 bits per heavy atom. The van der Waals surface area contributed by atoms with Crippen molar-refractivity contribution in [3.05, 3.63) is 0 Å². The van der Waals surface area contributed by atoms with Crippen LogP contribution in [0.25, 0.3) is 0 Å². The van der Waals surface area contributed by atoms with Crippen molar-refractivity contribution >= 4 is 5.97 Å². The van der Waals surface area contributed by atoms with Gasteiger partial charge in [-0.1, -0.05) is 13.8 Å². The van der Waals surface area contributed by atoms with Crippen LogP contribution in [0.5, 0.6) is 0 Å². The molecule has 0 aliphatic heterocycles. The van der Waals surface area contributed by atoms with Crippen LogP contribution in [0.15, 0.2) is 0 Å². The number of nitrogens with one attached hydrogen (secondary N) is 1. The third kappa shape index (κ3) is 4.15. The first-order chi connectivity index (χ1) is 8.21. The van der Waals surface area contributed by atoms with E-state index in [9.17, 15) is 18.0 Å². The molecule has 2 N–H and O–H groups in total. The molecule has 0 aromatic rings. The van der Waals surface area contributed by atoms with Crippen molar-refractivity contribution in [1.82, 2.24) is 5.32 Å². The van der Waals surface area contributed by atoms with Crippen molar-refractivity contribution < 1.29 is 23.1 Å². The summed E-state index contributed by atoms with van der Waals surface area (Å²) in [5.74, 6) is -3.25. The molecule has 6 heteroatoms. The SMILES string of the molecule is CC1CCC(NCC(C(=O)O)C(F)(F)F)C(C)C1. The minimum absolute atomic E-state index is 0.00889. The lowest BCUT2D eigenvalue weighted by Gasteiger charge is -2.34. The number of hydrogen-bond donors (Lipinski definition) is 2. The van der Waals surface area contributed by atoms with Crippen molar-refractivity contribution in [1.29, 1.82) is 0 Å². The summed E-state index contributed by atoms with van der Waals surface area (Å²) in [5.41, 5.74) is 0. The molecule has 1 aliphatic carbocycles. The Morgan fingerprint density at radius 2 is 2.00 bits per heavy atom. The Labute approximate surface area is 105 Å². The maximum atomic E-state index is 12.5. The van der Waals surface area contributed by atoms with Gasteiger partial charge in [0, 0.05) is 12.6 Å². The van der Waals surface area contributed by atoms with Crippen molar-refractivity contribution in [2.24, 2.45) is 17.8 Å². The van der Waals surface area contributed by atoms with Crippen molar-refractivity contribution in [3.8, 4) is 0 Å². The average molecular weight is 267 g/mol. The molecule has 0 heterocycles. The highest BCUT2D eigenvalue weighted by molar-refractivity contribution is 5.71. The molecule has 1 aliphatic rings. The van der Waals surface area contributed by atoms with Gasteiger partial charge in [-0.15, -0.1) is 0 Å². The van der Waals surface area contributed by atoms with E-state index in [4.69, 9.17) is 5.11 Å². The van der Waals surface area contributed by atoms with Crippen LogP contribution >= 0.6 is 0 Å². The summed E-state index contributed by atoms with van der Waals surface area (Å²) in [6, 6.07) is -0.00889. The van der Waals surface area contributed by atoms with Gasteiger partial charge in [-0.25, -0.2) is 0 Å². The first kappa shape index (κ1) is 15.3. The van der Waals surface area contributed by atoms with Gasteiger partial charge >= 0.3 is 12.1 Å². The maximum absolute atomic E-state index is 12.5. The molecule has 0 saturated heterocycles. The lowest BCUT2D eigenvalue weighted by atomic mass is 9.80. The van der Waals surface area contributed by atoms with Crippen LogP contribution < -0.4 is 5.32 Å². The summed E-state index contributed by atoms with van der Waals surface area (Å²) < 4.78 is 37.4. The van der Waals surface area contributed by atoms with Gasteiger partial charge in [0.05, 0.1) is 0 Å². The molecule has 3 nitrogen and oxygen atoms in total. The van der Waals surface area contributed by atoms with Gasteiger partial charge in [0.25, 0.3) is 0 Å². The van der Waals surface area contributed by atoms with E-state index < -0.39 is 24.6 Å².